The van der Waals surface area contributed by atoms with Crippen LogP contribution in [0.15, 0.2) is 65.0 Å². The molecular weight excluding hydrogens is 370 g/mol. The summed E-state index contributed by atoms with van der Waals surface area (Å²) in [5.74, 6) is 2.60. The van der Waals surface area contributed by atoms with Crippen molar-refractivity contribution in [3.05, 3.63) is 65.5 Å². The van der Waals surface area contributed by atoms with Crippen LogP contribution in [-0.4, -0.2) is 17.5 Å². The Bertz CT molecular complexity index is 919. The van der Waals surface area contributed by atoms with Gasteiger partial charge in [-0.05, 0) is 48.7 Å². The highest BCUT2D eigenvalue weighted by molar-refractivity contribution is 7.15. The van der Waals surface area contributed by atoms with Gasteiger partial charge in [-0.3, -0.25) is 4.99 Å². The molecule has 0 atom stereocenters. The van der Waals surface area contributed by atoms with E-state index in [1.165, 1.54) is 11.3 Å². The summed E-state index contributed by atoms with van der Waals surface area (Å²) in [6.07, 6.45) is 0.966. The highest BCUT2D eigenvalue weighted by atomic mass is 32.1. The summed E-state index contributed by atoms with van der Waals surface area (Å²) in [5.41, 5.74) is 7.45. The lowest BCUT2D eigenvalue weighted by atomic mass is 10.1. The number of aliphatic imine (C=N–C) groups is 1. The minimum atomic E-state index is 0.125. The molecule has 0 saturated carbocycles. The van der Waals surface area contributed by atoms with E-state index in [4.69, 9.17) is 10.5 Å². The molecule has 1 aromatic heterocycles. The van der Waals surface area contributed by atoms with Gasteiger partial charge in [-0.2, -0.15) is 0 Å². The predicted octanol–water partition coefficient (Wildman–Crippen LogP) is 5.74. The molecule has 0 fully saturated rings. The largest absolute Gasteiger partial charge is 0.504 e. The van der Waals surface area contributed by atoms with Gasteiger partial charge in [-0.1, -0.05) is 32.0 Å². The van der Waals surface area contributed by atoms with Crippen molar-refractivity contribution in [3.63, 3.8) is 0 Å². The summed E-state index contributed by atoms with van der Waals surface area (Å²) in [5, 5.41) is 16.1. The molecule has 146 valence electrons. The van der Waals surface area contributed by atoms with Crippen LogP contribution in [0, 0.1) is 5.92 Å². The van der Waals surface area contributed by atoms with E-state index in [1.807, 2.05) is 60.0 Å². The number of nitrogens with two attached hydrogens (primary N) is 1. The molecule has 1 heterocycles. The smallest absolute Gasteiger partial charge is 0.161 e. The monoisotopic (exact) mass is 395 g/mol. The van der Waals surface area contributed by atoms with Gasteiger partial charge < -0.3 is 20.9 Å². The highest BCUT2D eigenvalue weighted by Gasteiger charge is 2.14. The van der Waals surface area contributed by atoms with E-state index in [1.54, 1.807) is 0 Å². The number of benzene rings is 2. The SMILES string of the molecule is CC(C)CCN=C(N)c1csc(Nc2ccc(Oc3ccccc3)cc2)c1O. The molecule has 3 rings (SSSR count). The number of rotatable bonds is 8. The predicted molar refractivity (Wildman–Crippen MR) is 117 cm³/mol. The lowest BCUT2D eigenvalue weighted by molar-refractivity contribution is 0.479. The Kier molecular flexibility index (Phi) is 6.55. The molecule has 5 nitrogen and oxygen atoms in total. The van der Waals surface area contributed by atoms with Gasteiger partial charge in [0.25, 0.3) is 0 Å². The Morgan fingerprint density at radius 1 is 1.11 bits per heavy atom. The van der Waals surface area contributed by atoms with Gasteiger partial charge in [-0.25, -0.2) is 0 Å². The van der Waals surface area contributed by atoms with E-state index >= 15 is 0 Å². The minimum Gasteiger partial charge on any atom is -0.504 e. The topological polar surface area (TPSA) is 79.9 Å². The first-order valence-electron chi connectivity index (χ1n) is 9.23. The minimum absolute atomic E-state index is 0.125. The summed E-state index contributed by atoms with van der Waals surface area (Å²) < 4.78 is 5.79. The molecule has 0 saturated heterocycles. The molecule has 0 unspecified atom stereocenters. The van der Waals surface area contributed by atoms with E-state index in [-0.39, 0.29) is 5.75 Å². The van der Waals surface area contributed by atoms with Crippen LogP contribution < -0.4 is 15.8 Å². The number of ether oxygens (including phenoxy) is 1. The zero-order valence-electron chi connectivity index (χ0n) is 16.1. The molecule has 2 aromatic carbocycles. The van der Waals surface area contributed by atoms with Crippen molar-refractivity contribution in [3.8, 4) is 17.2 Å². The maximum absolute atomic E-state index is 10.5. The standard InChI is InChI=1S/C22H25N3O2S/c1-15(2)12-13-24-21(23)19-14-28-22(20(19)26)25-16-8-10-18(11-9-16)27-17-6-4-3-5-7-17/h3-11,14-15,25-26H,12-13H2,1-2H3,(H2,23,24). The molecule has 0 bridgehead atoms. The van der Waals surface area contributed by atoms with Gasteiger partial charge in [0.15, 0.2) is 5.75 Å². The second-order valence-corrected chi connectivity index (χ2v) is 7.72. The Balaban J connectivity index is 1.65. The van der Waals surface area contributed by atoms with Crippen LogP contribution in [0.1, 0.15) is 25.8 Å². The lowest BCUT2D eigenvalue weighted by Crippen LogP contribution is -2.13. The summed E-state index contributed by atoms with van der Waals surface area (Å²) in [6.45, 7) is 4.95. The van der Waals surface area contributed by atoms with Gasteiger partial charge in [0.2, 0.25) is 0 Å². The van der Waals surface area contributed by atoms with E-state index in [0.717, 1.165) is 23.6 Å². The third-order valence-corrected chi connectivity index (χ3v) is 5.01. The first-order valence-corrected chi connectivity index (χ1v) is 10.1. The summed E-state index contributed by atoms with van der Waals surface area (Å²) in [7, 11) is 0. The number of nitrogens with zero attached hydrogens (tertiary/aromatic N) is 1. The average Bonchev–Trinajstić information content (AvgIpc) is 3.04. The number of thiophene rings is 1. The van der Waals surface area contributed by atoms with Gasteiger partial charge in [0, 0.05) is 17.6 Å². The number of anilines is 2. The second-order valence-electron chi connectivity index (χ2n) is 6.84. The summed E-state index contributed by atoms with van der Waals surface area (Å²) >= 11 is 1.39. The molecule has 0 amide bonds. The Morgan fingerprint density at radius 2 is 1.79 bits per heavy atom. The maximum Gasteiger partial charge on any atom is 0.161 e. The molecule has 0 aliphatic rings. The van der Waals surface area contributed by atoms with Crippen LogP contribution in [0.25, 0.3) is 0 Å². The van der Waals surface area contributed by atoms with Crippen LogP contribution in [0.5, 0.6) is 17.2 Å². The summed E-state index contributed by atoms with van der Waals surface area (Å²) in [4.78, 5) is 4.36. The zero-order chi connectivity index (χ0) is 19.9. The summed E-state index contributed by atoms with van der Waals surface area (Å²) in [6, 6.07) is 17.2. The Morgan fingerprint density at radius 3 is 2.46 bits per heavy atom. The molecule has 4 N–H and O–H groups in total. The van der Waals surface area contributed by atoms with Crippen LogP contribution >= 0.6 is 11.3 Å². The van der Waals surface area contributed by atoms with E-state index in [2.05, 4.69) is 24.2 Å². The number of nitrogens with one attached hydrogen (secondary N) is 1. The molecule has 0 spiro atoms. The molecular formula is C22H25N3O2S. The number of amidine groups is 1. The van der Waals surface area contributed by atoms with Crippen LogP contribution in [-0.2, 0) is 0 Å². The lowest BCUT2D eigenvalue weighted by Gasteiger charge is -2.08. The first-order chi connectivity index (χ1) is 13.5. The third kappa shape index (κ3) is 5.27. The molecule has 3 aromatic rings. The van der Waals surface area contributed by atoms with Crippen molar-refractivity contribution in [2.24, 2.45) is 16.6 Å². The van der Waals surface area contributed by atoms with Crippen molar-refractivity contribution in [2.45, 2.75) is 20.3 Å². The fraction of sp³-hybridized carbons (Fsp3) is 0.227. The second kappa shape index (κ2) is 9.28. The third-order valence-electron chi connectivity index (χ3n) is 4.12. The van der Waals surface area contributed by atoms with Crippen LogP contribution in [0.4, 0.5) is 10.7 Å². The molecule has 6 heteroatoms. The van der Waals surface area contributed by atoms with Crippen LogP contribution in [0.2, 0.25) is 0 Å². The molecule has 0 aliphatic heterocycles. The highest BCUT2D eigenvalue weighted by Crippen LogP contribution is 2.37. The van der Waals surface area contributed by atoms with Crippen LogP contribution in [0.3, 0.4) is 0 Å². The fourth-order valence-corrected chi connectivity index (χ4v) is 3.38. The number of para-hydroxylation sites is 1. The Hall–Kier alpha value is -2.99. The fourth-order valence-electron chi connectivity index (χ4n) is 2.51. The first kappa shape index (κ1) is 19.8. The number of hydrogen-bond acceptors (Lipinski definition) is 5. The van der Waals surface area contributed by atoms with Gasteiger partial charge in [-0.15, -0.1) is 11.3 Å². The van der Waals surface area contributed by atoms with Gasteiger partial charge in [0.05, 0.1) is 5.56 Å². The van der Waals surface area contributed by atoms with E-state index in [0.29, 0.717) is 28.9 Å². The van der Waals surface area contributed by atoms with Crippen molar-refractivity contribution in [2.75, 3.05) is 11.9 Å². The zero-order valence-corrected chi connectivity index (χ0v) is 16.9. The number of aromatic hydroxyl groups is 1. The van der Waals surface area contributed by atoms with Gasteiger partial charge in [0.1, 0.15) is 22.3 Å². The van der Waals surface area contributed by atoms with Crippen molar-refractivity contribution >= 4 is 27.9 Å². The van der Waals surface area contributed by atoms with E-state index < -0.39 is 0 Å². The molecule has 0 aliphatic carbocycles. The normalized spacial score (nSPS) is 11.6. The molecule has 0 radical (unpaired) electrons. The Labute approximate surface area is 169 Å². The van der Waals surface area contributed by atoms with E-state index in [9.17, 15) is 5.11 Å². The van der Waals surface area contributed by atoms with Gasteiger partial charge >= 0.3 is 0 Å². The number of hydrogen-bond donors (Lipinski definition) is 3. The van der Waals surface area contributed by atoms with Crippen molar-refractivity contribution in [1.82, 2.24) is 0 Å². The quantitative estimate of drug-likeness (QED) is 0.335. The van der Waals surface area contributed by atoms with Crippen molar-refractivity contribution < 1.29 is 9.84 Å². The molecule has 28 heavy (non-hydrogen) atoms. The van der Waals surface area contributed by atoms with Crippen molar-refractivity contribution in [1.29, 1.82) is 0 Å². The average molecular weight is 396 g/mol. The maximum atomic E-state index is 10.5.